The van der Waals surface area contributed by atoms with Gasteiger partial charge in [0.05, 0.1) is 19.3 Å². The fourth-order valence-electron chi connectivity index (χ4n) is 1.54. The van der Waals surface area contributed by atoms with Crippen LogP contribution in [0.2, 0.25) is 0 Å². The normalized spacial score (nSPS) is 19.0. The van der Waals surface area contributed by atoms with Crippen molar-refractivity contribution in [2.45, 2.75) is 13.0 Å². The van der Waals surface area contributed by atoms with Crippen molar-refractivity contribution < 1.29 is 9.53 Å². The van der Waals surface area contributed by atoms with E-state index in [2.05, 4.69) is 5.32 Å². The molecule has 4 nitrogen and oxygen atoms in total. The van der Waals surface area contributed by atoms with E-state index in [1.165, 1.54) is 0 Å². The molecular weight excluding hydrogens is 228 g/mol. The number of amides is 1. The number of nitrogens with zero attached hydrogens (tertiary/aromatic N) is 1. The molecule has 0 saturated carbocycles. The van der Waals surface area contributed by atoms with Gasteiger partial charge in [0, 0.05) is 25.5 Å². The molecule has 1 heterocycles. The summed E-state index contributed by atoms with van der Waals surface area (Å²) in [7, 11) is 0. The molecule has 1 aliphatic heterocycles. The Bertz CT molecular complexity index is 240. The van der Waals surface area contributed by atoms with E-state index < -0.39 is 0 Å². The van der Waals surface area contributed by atoms with Gasteiger partial charge in [-0.3, -0.25) is 4.79 Å². The minimum atomic E-state index is -0.155. The molecule has 1 N–H and O–H groups in total. The molecule has 0 radical (unpaired) electrons. The largest absolute Gasteiger partial charge is 0.378 e. The van der Waals surface area contributed by atoms with Gasteiger partial charge in [-0.1, -0.05) is 12.2 Å². The van der Waals surface area contributed by atoms with Gasteiger partial charge in [0.2, 0.25) is 5.91 Å². The van der Waals surface area contributed by atoms with Crippen LogP contribution in [0.1, 0.15) is 6.92 Å². The van der Waals surface area contributed by atoms with Crippen LogP contribution in [0.3, 0.4) is 0 Å². The zero-order chi connectivity index (χ0) is 11.8. The van der Waals surface area contributed by atoms with Crippen molar-refractivity contribution in [2.75, 3.05) is 38.7 Å². The minimum absolute atomic E-state index is 0.141. The lowest BCUT2D eigenvalue weighted by molar-refractivity contribution is -0.137. The van der Waals surface area contributed by atoms with Crippen LogP contribution in [0.15, 0.2) is 12.2 Å². The van der Waals surface area contributed by atoms with Crippen molar-refractivity contribution in [1.82, 2.24) is 10.2 Å². The fourth-order valence-corrected chi connectivity index (χ4v) is 1.66. The van der Waals surface area contributed by atoms with Crippen LogP contribution in [-0.2, 0) is 9.53 Å². The van der Waals surface area contributed by atoms with E-state index in [-0.39, 0.29) is 11.9 Å². The van der Waals surface area contributed by atoms with Gasteiger partial charge >= 0.3 is 0 Å². The molecule has 92 valence electrons. The van der Waals surface area contributed by atoms with Gasteiger partial charge in [-0.2, -0.15) is 0 Å². The van der Waals surface area contributed by atoms with E-state index in [0.29, 0.717) is 38.7 Å². The third-order valence-corrected chi connectivity index (χ3v) is 2.67. The van der Waals surface area contributed by atoms with Crippen LogP contribution in [0.25, 0.3) is 0 Å². The molecule has 1 unspecified atom stereocenters. The van der Waals surface area contributed by atoms with E-state index in [9.17, 15) is 4.79 Å². The lowest BCUT2D eigenvalue weighted by Crippen LogP contribution is -2.49. The van der Waals surface area contributed by atoms with Gasteiger partial charge in [0.1, 0.15) is 0 Å². The number of carbonyl (C=O) groups excluding carboxylic acids is 1. The Labute approximate surface area is 102 Å². The molecule has 1 saturated heterocycles. The Hall–Kier alpha value is -0.580. The molecule has 1 amide bonds. The first-order chi connectivity index (χ1) is 7.75. The number of alkyl halides is 1. The first-order valence-electron chi connectivity index (χ1n) is 5.56. The van der Waals surface area contributed by atoms with Gasteiger partial charge in [0.25, 0.3) is 0 Å². The molecule has 0 aliphatic carbocycles. The Balaban J connectivity index is 2.26. The summed E-state index contributed by atoms with van der Waals surface area (Å²) in [6.45, 7) is 5.23. The molecule has 0 spiro atoms. The number of ether oxygens (including phenoxy) is 1. The van der Waals surface area contributed by atoms with Crippen molar-refractivity contribution in [2.24, 2.45) is 0 Å². The highest BCUT2D eigenvalue weighted by molar-refractivity contribution is 6.18. The summed E-state index contributed by atoms with van der Waals surface area (Å²) in [5, 5.41) is 3.14. The number of hydrogen-bond donors (Lipinski definition) is 1. The SMILES string of the molecule is CC(NC/C=C/CCl)C(=O)N1CCOCC1. The summed E-state index contributed by atoms with van der Waals surface area (Å²) in [4.78, 5) is 13.8. The zero-order valence-corrected chi connectivity index (χ0v) is 10.4. The van der Waals surface area contributed by atoms with Crippen molar-refractivity contribution in [1.29, 1.82) is 0 Å². The number of morpholine rings is 1. The van der Waals surface area contributed by atoms with Gasteiger partial charge < -0.3 is 15.0 Å². The fraction of sp³-hybridized carbons (Fsp3) is 0.727. The maximum absolute atomic E-state index is 11.9. The van der Waals surface area contributed by atoms with Crippen molar-refractivity contribution in [3.63, 3.8) is 0 Å². The average Bonchev–Trinajstić information content (AvgIpc) is 2.34. The quantitative estimate of drug-likeness (QED) is 0.571. The van der Waals surface area contributed by atoms with Gasteiger partial charge in [0.15, 0.2) is 0 Å². The summed E-state index contributed by atoms with van der Waals surface area (Å²) in [5.41, 5.74) is 0. The summed E-state index contributed by atoms with van der Waals surface area (Å²) in [6, 6.07) is -0.155. The predicted octanol–water partition coefficient (Wildman–Crippen LogP) is 0.618. The molecule has 5 heteroatoms. The van der Waals surface area contributed by atoms with Crippen molar-refractivity contribution in [3.05, 3.63) is 12.2 Å². The Morgan fingerprint density at radius 3 is 2.81 bits per heavy atom. The third kappa shape index (κ3) is 4.51. The van der Waals surface area contributed by atoms with Crippen LogP contribution in [0.5, 0.6) is 0 Å². The smallest absolute Gasteiger partial charge is 0.239 e. The Morgan fingerprint density at radius 2 is 2.19 bits per heavy atom. The van der Waals surface area contributed by atoms with Gasteiger partial charge in [-0.25, -0.2) is 0 Å². The highest BCUT2D eigenvalue weighted by Crippen LogP contribution is 2.00. The van der Waals surface area contributed by atoms with Crippen LogP contribution >= 0.6 is 11.6 Å². The van der Waals surface area contributed by atoms with E-state index in [4.69, 9.17) is 16.3 Å². The summed E-state index contributed by atoms with van der Waals surface area (Å²) in [6.07, 6.45) is 3.79. The molecule has 0 aromatic heterocycles. The molecule has 1 aliphatic rings. The number of rotatable bonds is 5. The number of halogens is 1. The maximum atomic E-state index is 11.9. The summed E-state index contributed by atoms with van der Waals surface area (Å²) in [5.74, 6) is 0.649. The summed E-state index contributed by atoms with van der Waals surface area (Å²) >= 11 is 5.50. The van der Waals surface area contributed by atoms with Crippen molar-refractivity contribution >= 4 is 17.5 Å². The second kappa shape index (κ2) is 7.65. The number of carbonyl (C=O) groups is 1. The topological polar surface area (TPSA) is 41.6 Å². The average molecular weight is 247 g/mol. The zero-order valence-electron chi connectivity index (χ0n) is 9.62. The van der Waals surface area contributed by atoms with Crippen LogP contribution in [-0.4, -0.2) is 55.6 Å². The molecule has 1 fully saturated rings. The van der Waals surface area contributed by atoms with Crippen LogP contribution in [0, 0.1) is 0 Å². The third-order valence-electron chi connectivity index (χ3n) is 2.49. The monoisotopic (exact) mass is 246 g/mol. The van der Waals surface area contributed by atoms with E-state index in [0.717, 1.165) is 0 Å². The lowest BCUT2D eigenvalue weighted by atomic mass is 10.2. The minimum Gasteiger partial charge on any atom is -0.378 e. The lowest BCUT2D eigenvalue weighted by Gasteiger charge is -2.29. The Morgan fingerprint density at radius 1 is 1.50 bits per heavy atom. The van der Waals surface area contributed by atoms with Crippen LogP contribution < -0.4 is 5.32 Å². The molecule has 0 aromatic carbocycles. The molecule has 16 heavy (non-hydrogen) atoms. The second-order valence-electron chi connectivity index (χ2n) is 3.69. The molecule has 1 atom stereocenters. The molecule has 1 rings (SSSR count). The van der Waals surface area contributed by atoms with E-state index in [1.54, 1.807) is 0 Å². The number of allylic oxidation sites excluding steroid dienone is 1. The Kier molecular flexibility index (Phi) is 6.45. The molecular formula is C11H19ClN2O2. The standard InChI is InChI=1S/C11H19ClN2O2/c1-10(13-5-3-2-4-12)11(15)14-6-8-16-9-7-14/h2-3,10,13H,4-9H2,1H3/b3-2+. The highest BCUT2D eigenvalue weighted by atomic mass is 35.5. The number of hydrogen-bond acceptors (Lipinski definition) is 3. The molecule has 0 aromatic rings. The van der Waals surface area contributed by atoms with E-state index in [1.807, 2.05) is 24.0 Å². The first kappa shape index (κ1) is 13.5. The predicted molar refractivity (Wildman–Crippen MR) is 64.7 cm³/mol. The second-order valence-corrected chi connectivity index (χ2v) is 4.00. The van der Waals surface area contributed by atoms with E-state index >= 15 is 0 Å². The highest BCUT2D eigenvalue weighted by Gasteiger charge is 2.21. The first-order valence-corrected chi connectivity index (χ1v) is 6.10. The summed E-state index contributed by atoms with van der Waals surface area (Å²) < 4.78 is 5.20. The van der Waals surface area contributed by atoms with Gasteiger partial charge in [-0.05, 0) is 6.92 Å². The molecule has 0 bridgehead atoms. The van der Waals surface area contributed by atoms with Gasteiger partial charge in [-0.15, -0.1) is 11.6 Å². The number of nitrogens with one attached hydrogen (secondary N) is 1. The van der Waals surface area contributed by atoms with Crippen LogP contribution in [0.4, 0.5) is 0 Å². The maximum Gasteiger partial charge on any atom is 0.239 e. The van der Waals surface area contributed by atoms with Crippen molar-refractivity contribution in [3.8, 4) is 0 Å².